The van der Waals surface area contributed by atoms with Crippen LogP contribution in [0.2, 0.25) is 0 Å². The van der Waals surface area contributed by atoms with E-state index in [4.69, 9.17) is 10.9 Å². The standard InChI is InChI=1S/C19H25N9O4S2/c20-19-23-13-3-1-10(9-14(13)24-19)12-2-4-15(33(29,30)11-5-7-22-8-6-11)17(34(21,31)32)16(12)18-25-27-28-26-18/h1-4,9,11,18,22,25-28H,5-8H2,(H3,20,23,24)(H2,21,31,32). The Balaban J connectivity index is 1.77. The molecule has 2 aromatic carbocycles. The van der Waals surface area contributed by atoms with Crippen molar-refractivity contribution in [1.82, 2.24) is 37.2 Å². The van der Waals surface area contributed by atoms with Gasteiger partial charge in [0.25, 0.3) is 0 Å². The van der Waals surface area contributed by atoms with E-state index in [1.54, 1.807) is 24.3 Å². The van der Waals surface area contributed by atoms with E-state index in [9.17, 15) is 16.8 Å². The van der Waals surface area contributed by atoms with Crippen molar-refractivity contribution in [3.8, 4) is 11.1 Å². The predicted octanol–water partition coefficient (Wildman–Crippen LogP) is -0.899. The Morgan fingerprint density at radius 3 is 2.35 bits per heavy atom. The smallest absolute Gasteiger partial charge is 0.239 e. The Hall–Kier alpha value is -2.63. The Kier molecular flexibility index (Phi) is 5.81. The number of sulfone groups is 1. The Morgan fingerprint density at radius 1 is 0.971 bits per heavy atom. The molecule has 0 spiro atoms. The molecule has 34 heavy (non-hydrogen) atoms. The number of imidazole rings is 1. The van der Waals surface area contributed by atoms with Gasteiger partial charge < -0.3 is 16.0 Å². The third kappa shape index (κ3) is 4.05. The summed E-state index contributed by atoms with van der Waals surface area (Å²) in [6.45, 7) is 1.07. The number of piperidine rings is 1. The van der Waals surface area contributed by atoms with Crippen LogP contribution >= 0.6 is 0 Å². The first-order chi connectivity index (χ1) is 16.2. The fraction of sp³-hybridized carbons (Fsp3) is 0.316. The molecule has 2 aliphatic heterocycles. The van der Waals surface area contributed by atoms with Gasteiger partial charge in [0.1, 0.15) is 11.1 Å². The lowest BCUT2D eigenvalue weighted by Gasteiger charge is -2.26. The summed E-state index contributed by atoms with van der Waals surface area (Å²) < 4.78 is 53.1. The molecule has 0 aliphatic carbocycles. The van der Waals surface area contributed by atoms with Crippen LogP contribution in [0.3, 0.4) is 0 Å². The van der Waals surface area contributed by atoms with Gasteiger partial charge >= 0.3 is 0 Å². The second-order valence-electron chi connectivity index (χ2n) is 8.22. The summed E-state index contributed by atoms with van der Waals surface area (Å²) in [4.78, 5) is 6.38. The normalized spacial score (nSPS) is 18.6. The number of nitrogens with one attached hydrogen (secondary N) is 6. The zero-order valence-electron chi connectivity index (χ0n) is 17.9. The van der Waals surface area contributed by atoms with Crippen LogP contribution in [0.25, 0.3) is 22.2 Å². The number of aromatic amines is 1. The first-order valence-corrected chi connectivity index (χ1v) is 13.7. The molecular weight excluding hydrogens is 482 g/mol. The van der Waals surface area contributed by atoms with Crippen molar-refractivity contribution >= 4 is 36.8 Å². The Bertz CT molecular complexity index is 1460. The molecule has 15 heteroatoms. The molecule has 2 fully saturated rings. The highest BCUT2D eigenvalue weighted by Crippen LogP contribution is 2.39. The third-order valence-electron chi connectivity index (χ3n) is 6.07. The number of hydrazine groups is 3. The maximum atomic E-state index is 13.6. The van der Waals surface area contributed by atoms with Gasteiger partial charge in [0.2, 0.25) is 10.0 Å². The lowest BCUT2D eigenvalue weighted by Crippen LogP contribution is -2.37. The molecule has 2 aliphatic rings. The highest BCUT2D eigenvalue weighted by molar-refractivity contribution is 7.94. The van der Waals surface area contributed by atoms with Crippen LogP contribution in [0.4, 0.5) is 5.95 Å². The summed E-state index contributed by atoms with van der Waals surface area (Å²) >= 11 is 0. The maximum absolute atomic E-state index is 13.6. The quantitative estimate of drug-likeness (QED) is 0.212. The molecule has 13 nitrogen and oxygen atoms in total. The topological polar surface area (TPSA) is 209 Å². The van der Waals surface area contributed by atoms with Crippen molar-refractivity contribution in [2.24, 2.45) is 5.14 Å². The number of aromatic nitrogens is 2. The Morgan fingerprint density at radius 2 is 1.68 bits per heavy atom. The van der Waals surface area contributed by atoms with Crippen LogP contribution in [0.15, 0.2) is 40.1 Å². The fourth-order valence-corrected chi connectivity index (χ4v) is 7.94. The maximum Gasteiger partial charge on any atom is 0.239 e. The van der Waals surface area contributed by atoms with Gasteiger partial charge in [-0.05, 0) is 55.3 Å². The highest BCUT2D eigenvalue weighted by Gasteiger charge is 2.37. The average molecular weight is 508 g/mol. The van der Waals surface area contributed by atoms with Gasteiger partial charge in [-0.1, -0.05) is 12.1 Å². The first kappa shape index (κ1) is 23.1. The molecule has 1 aromatic heterocycles. The van der Waals surface area contributed by atoms with Crippen molar-refractivity contribution in [3.63, 3.8) is 0 Å². The monoisotopic (exact) mass is 507 g/mol. The minimum atomic E-state index is -4.46. The van der Waals surface area contributed by atoms with Crippen molar-refractivity contribution < 1.29 is 16.8 Å². The van der Waals surface area contributed by atoms with Crippen LogP contribution in [-0.2, 0) is 19.9 Å². The predicted molar refractivity (Wildman–Crippen MR) is 126 cm³/mol. The molecule has 0 amide bonds. The minimum absolute atomic E-state index is 0.168. The lowest BCUT2D eigenvalue weighted by molar-refractivity contribution is 0.493. The molecule has 0 saturated carbocycles. The number of hydrogen-bond donors (Lipinski definition) is 8. The van der Waals surface area contributed by atoms with E-state index in [1.165, 1.54) is 6.07 Å². The number of hydrogen-bond acceptors (Lipinski definition) is 11. The van der Waals surface area contributed by atoms with Gasteiger partial charge in [0, 0.05) is 5.56 Å². The van der Waals surface area contributed by atoms with Gasteiger partial charge in [-0.3, -0.25) is 0 Å². The number of benzene rings is 2. The van der Waals surface area contributed by atoms with Crippen molar-refractivity contribution in [2.75, 3.05) is 18.8 Å². The molecule has 0 atom stereocenters. The van der Waals surface area contributed by atoms with Gasteiger partial charge in [-0.2, -0.15) is 11.1 Å². The molecule has 3 aromatic rings. The SMILES string of the molecule is Nc1nc2ccc(-c3ccc(S(=O)(=O)C4CCNCC4)c(S(N)(=O)=O)c3C3NNNN3)cc2[nH]1. The van der Waals surface area contributed by atoms with Crippen LogP contribution in [0.1, 0.15) is 24.6 Å². The van der Waals surface area contributed by atoms with E-state index < -0.39 is 36.2 Å². The summed E-state index contributed by atoms with van der Waals surface area (Å²) in [5.74, 6) is 0.244. The van der Waals surface area contributed by atoms with Crippen LogP contribution < -0.4 is 38.1 Å². The van der Waals surface area contributed by atoms with E-state index in [-0.39, 0.29) is 16.4 Å². The van der Waals surface area contributed by atoms with Crippen LogP contribution in [-0.4, -0.2) is 45.1 Å². The highest BCUT2D eigenvalue weighted by atomic mass is 32.2. The second-order valence-corrected chi connectivity index (χ2v) is 11.9. The van der Waals surface area contributed by atoms with Gasteiger partial charge in [-0.15, -0.1) is 0 Å². The number of anilines is 1. The summed E-state index contributed by atoms with van der Waals surface area (Å²) in [5.41, 5.74) is 19.3. The summed E-state index contributed by atoms with van der Waals surface area (Å²) in [6.07, 6.45) is -0.0523. The van der Waals surface area contributed by atoms with E-state index in [2.05, 4.69) is 37.2 Å². The second kappa shape index (κ2) is 8.54. The van der Waals surface area contributed by atoms with Gasteiger partial charge in [0.05, 0.1) is 21.2 Å². The number of nitrogens with zero attached hydrogens (tertiary/aromatic N) is 1. The van der Waals surface area contributed by atoms with Crippen molar-refractivity contribution in [3.05, 3.63) is 35.9 Å². The van der Waals surface area contributed by atoms with E-state index in [0.717, 1.165) is 0 Å². The van der Waals surface area contributed by atoms with E-state index in [0.29, 0.717) is 48.1 Å². The molecule has 2 saturated heterocycles. The molecule has 0 bridgehead atoms. The molecule has 10 N–H and O–H groups in total. The molecule has 3 heterocycles. The fourth-order valence-electron chi connectivity index (χ4n) is 4.51. The molecule has 0 unspecified atom stereocenters. The third-order valence-corrected chi connectivity index (χ3v) is 9.51. The number of sulfonamides is 1. The van der Waals surface area contributed by atoms with Crippen molar-refractivity contribution in [1.29, 1.82) is 0 Å². The summed E-state index contributed by atoms with van der Waals surface area (Å²) in [7, 11) is -8.45. The number of H-pyrrole nitrogens is 1. The molecule has 5 rings (SSSR count). The van der Waals surface area contributed by atoms with Crippen LogP contribution in [0.5, 0.6) is 0 Å². The molecule has 0 radical (unpaired) electrons. The van der Waals surface area contributed by atoms with E-state index >= 15 is 0 Å². The summed E-state index contributed by atoms with van der Waals surface area (Å²) in [5, 5.41) is 8.07. The van der Waals surface area contributed by atoms with Gasteiger partial charge in [-0.25, -0.2) is 37.8 Å². The number of nitrogen functional groups attached to an aromatic ring is 1. The van der Waals surface area contributed by atoms with Crippen molar-refractivity contribution in [2.45, 2.75) is 34.0 Å². The largest absolute Gasteiger partial charge is 0.369 e. The van der Waals surface area contributed by atoms with E-state index in [1.807, 2.05) is 0 Å². The van der Waals surface area contributed by atoms with Gasteiger partial charge in [0.15, 0.2) is 15.8 Å². The number of fused-ring (bicyclic) bond motifs is 1. The zero-order chi connectivity index (χ0) is 24.1. The lowest BCUT2D eigenvalue weighted by atomic mass is 9.97. The van der Waals surface area contributed by atoms with Crippen LogP contribution in [0, 0.1) is 0 Å². The zero-order valence-corrected chi connectivity index (χ0v) is 19.6. The Labute approximate surface area is 196 Å². The number of rotatable bonds is 5. The first-order valence-electron chi connectivity index (χ1n) is 10.6. The average Bonchev–Trinajstić information content (AvgIpc) is 3.46. The number of primary sulfonamides is 1. The summed E-state index contributed by atoms with van der Waals surface area (Å²) in [6, 6.07) is 8.19. The number of nitrogens with two attached hydrogens (primary N) is 2. The molecule has 182 valence electrons. The minimum Gasteiger partial charge on any atom is -0.369 e. The molecular formula is C19H25N9O4S2.